The van der Waals surface area contributed by atoms with Crippen LogP contribution in [0.3, 0.4) is 0 Å². The Morgan fingerprint density at radius 3 is 2.29 bits per heavy atom. The van der Waals surface area contributed by atoms with Crippen LogP contribution in [-0.2, 0) is 14.3 Å². The number of rotatable bonds is 5. The second kappa shape index (κ2) is 8.19. The van der Waals surface area contributed by atoms with E-state index in [1.807, 2.05) is 0 Å². The maximum atomic E-state index is 10.2. The zero-order valence-electron chi connectivity index (χ0n) is 10.1. The summed E-state index contributed by atoms with van der Waals surface area (Å²) in [5.41, 5.74) is 0.433. The Morgan fingerprint density at radius 2 is 2.06 bits per heavy atom. The monoisotopic (exact) mass is 248 g/mol. The van der Waals surface area contributed by atoms with E-state index in [0.717, 1.165) is 0 Å². The number of carbonyl (C=O) groups excluding carboxylic acids is 1. The molecule has 1 aliphatic rings. The molecule has 17 heavy (non-hydrogen) atoms. The van der Waals surface area contributed by atoms with E-state index < -0.39 is 18.8 Å². The van der Waals surface area contributed by atoms with Gasteiger partial charge in [-0.05, 0) is 6.92 Å². The summed E-state index contributed by atoms with van der Waals surface area (Å²) in [6.45, 7) is 5.22. The van der Waals surface area contributed by atoms with Gasteiger partial charge < -0.3 is 24.8 Å². The molecule has 0 bridgehead atoms. The highest BCUT2D eigenvalue weighted by atomic mass is 16.6. The third kappa shape index (κ3) is 7.87. The molecule has 1 rings (SSSR count). The van der Waals surface area contributed by atoms with E-state index in [4.69, 9.17) is 20.1 Å². The van der Waals surface area contributed by atoms with Crippen LogP contribution in [-0.4, -0.2) is 59.9 Å². The second-order valence-corrected chi connectivity index (χ2v) is 3.78. The topological polar surface area (TPSA) is 99.5 Å². The minimum absolute atomic E-state index is 0.0937. The predicted octanol–water partition coefficient (Wildman–Crippen LogP) is -0.775. The molecular weight excluding hydrogens is 228 g/mol. The van der Waals surface area contributed by atoms with Gasteiger partial charge in [-0.15, -0.1) is 0 Å². The Morgan fingerprint density at radius 1 is 1.53 bits per heavy atom. The van der Waals surface area contributed by atoms with Crippen molar-refractivity contribution >= 4 is 5.97 Å². The maximum Gasteiger partial charge on any atom is 0.332 e. The van der Waals surface area contributed by atoms with Gasteiger partial charge in [0.1, 0.15) is 6.10 Å². The van der Waals surface area contributed by atoms with Gasteiger partial charge >= 0.3 is 5.97 Å². The molecule has 100 valence electrons. The third-order valence-corrected chi connectivity index (χ3v) is 2.07. The first-order valence-electron chi connectivity index (χ1n) is 5.24. The first-order valence-corrected chi connectivity index (χ1v) is 5.24. The number of epoxide rings is 1. The van der Waals surface area contributed by atoms with Crippen molar-refractivity contribution in [2.75, 3.05) is 20.3 Å². The van der Waals surface area contributed by atoms with Crippen molar-refractivity contribution in [1.29, 1.82) is 0 Å². The lowest BCUT2D eigenvalue weighted by molar-refractivity contribution is -0.136. The predicted molar refractivity (Wildman–Crippen MR) is 60.3 cm³/mol. The lowest BCUT2D eigenvalue weighted by atomic mass is 10.1. The Bertz CT molecular complexity index is 248. The Labute approximate surface area is 100 Å². The van der Waals surface area contributed by atoms with Crippen LogP contribution in [0.15, 0.2) is 12.2 Å². The lowest BCUT2D eigenvalue weighted by Crippen LogP contribution is -2.30. The number of carbonyl (C=O) groups is 1. The molecule has 0 spiro atoms. The highest BCUT2D eigenvalue weighted by Gasteiger charge is 2.28. The van der Waals surface area contributed by atoms with Gasteiger partial charge in [0.2, 0.25) is 0 Å². The number of esters is 1. The minimum atomic E-state index is -1.02. The van der Waals surface area contributed by atoms with Crippen LogP contribution in [0.2, 0.25) is 0 Å². The van der Waals surface area contributed by atoms with Crippen LogP contribution in [0.5, 0.6) is 0 Å². The molecule has 3 unspecified atom stereocenters. The number of aliphatic hydroxyl groups excluding tert-OH is 3. The van der Waals surface area contributed by atoms with Crippen molar-refractivity contribution in [3.05, 3.63) is 12.2 Å². The summed E-state index contributed by atoms with van der Waals surface area (Å²) in [5, 5.41) is 26.3. The van der Waals surface area contributed by atoms with Crippen LogP contribution in [0, 0.1) is 0 Å². The van der Waals surface area contributed by atoms with E-state index >= 15 is 0 Å². The average Bonchev–Trinajstić information content (AvgIpc) is 3.11. The zero-order valence-corrected chi connectivity index (χ0v) is 10.1. The molecule has 0 amide bonds. The second-order valence-electron chi connectivity index (χ2n) is 3.78. The molecule has 0 radical (unpaired) electrons. The van der Waals surface area contributed by atoms with Crippen LogP contribution in [0.4, 0.5) is 0 Å². The zero-order chi connectivity index (χ0) is 13.4. The molecule has 0 aromatic rings. The van der Waals surface area contributed by atoms with Gasteiger partial charge in [-0.3, -0.25) is 0 Å². The van der Waals surface area contributed by atoms with E-state index in [1.165, 1.54) is 7.11 Å². The van der Waals surface area contributed by atoms with E-state index in [2.05, 4.69) is 11.3 Å². The van der Waals surface area contributed by atoms with Gasteiger partial charge in [0, 0.05) is 12.0 Å². The van der Waals surface area contributed by atoms with Crippen LogP contribution in [0.25, 0.3) is 0 Å². The van der Waals surface area contributed by atoms with Crippen molar-refractivity contribution < 1.29 is 29.6 Å². The first kappa shape index (κ1) is 16.1. The summed E-state index contributed by atoms with van der Waals surface area (Å²) < 4.78 is 9.09. The van der Waals surface area contributed by atoms with Gasteiger partial charge in [-0.1, -0.05) is 6.58 Å². The molecule has 6 heteroatoms. The lowest BCUT2D eigenvalue weighted by Gasteiger charge is -2.13. The van der Waals surface area contributed by atoms with E-state index in [9.17, 15) is 4.79 Å². The van der Waals surface area contributed by atoms with Gasteiger partial charge in [0.15, 0.2) is 0 Å². The summed E-state index contributed by atoms with van der Waals surface area (Å²) in [4.78, 5) is 10.2. The number of methoxy groups -OCH3 is 1. The van der Waals surface area contributed by atoms with Crippen molar-refractivity contribution in [3.63, 3.8) is 0 Å². The fraction of sp³-hybridized carbons (Fsp3) is 0.727. The van der Waals surface area contributed by atoms with Crippen molar-refractivity contribution in [2.45, 2.75) is 31.7 Å². The summed E-state index contributed by atoms with van der Waals surface area (Å²) in [7, 11) is 1.33. The van der Waals surface area contributed by atoms with E-state index in [-0.39, 0.29) is 12.1 Å². The number of ether oxygens (including phenoxy) is 2. The van der Waals surface area contributed by atoms with Gasteiger partial charge in [-0.25, -0.2) is 4.79 Å². The molecule has 6 nitrogen and oxygen atoms in total. The molecule has 1 heterocycles. The molecule has 3 atom stereocenters. The fourth-order valence-electron chi connectivity index (χ4n) is 0.926. The molecular formula is C11H20O6. The smallest absolute Gasteiger partial charge is 0.332 e. The number of aliphatic hydroxyl groups is 3. The molecule has 1 fully saturated rings. The Hall–Kier alpha value is -0.950. The molecule has 1 aliphatic heterocycles. The molecule has 1 saturated heterocycles. The highest BCUT2D eigenvalue weighted by molar-refractivity contribution is 5.86. The maximum absolute atomic E-state index is 10.2. The largest absolute Gasteiger partial charge is 0.466 e. The van der Waals surface area contributed by atoms with Crippen molar-refractivity contribution in [3.8, 4) is 0 Å². The first-order chi connectivity index (χ1) is 7.92. The van der Waals surface area contributed by atoms with Crippen molar-refractivity contribution in [2.24, 2.45) is 0 Å². The SMILES string of the molecule is C=C(C)C(=O)OC.OCC(O)C(O)CC1CO1. The van der Waals surface area contributed by atoms with Crippen LogP contribution >= 0.6 is 0 Å². The fourth-order valence-corrected chi connectivity index (χ4v) is 0.926. The number of hydrogen-bond acceptors (Lipinski definition) is 6. The summed E-state index contributed by atoms with van der Waals surface area (Å²) in [5.74, 6) is -0.347. The van der Waals surface area contributed by atoms with Crippen molar-refractivity contribution in [1.82, 2.24) is 0 Å². The molecule has 0 aromatic heterocycles. The Balaban J connectivity index is 0.000000325. The van der Waals surface area contributed by atoms with Crippen LogP contribution in [0.1, 0.15) is 13.3 Å². The third-order valence-electron chi connectivity index (χ3n) is 2.07. The standard InChI is InChI=1S/C6H12O4.C5H8O2/c7-2-6(9)5(8)1-4-3-10-4;1-4(2)5(6)7-3/h4-9H,1-3H2;1H2,2-3H3. The minimum Gasteiger partial charge on any atom is -0.466 e. The molecule has 0 aromatic carbocycles. The number of hydrogen-bond donors (Lipinski definition) is 3. The van der Waals surface area contributed by atoms with Gasteiger partial charge in [0.05, 0.1) is 32.5 Å². The van der Waals surface area contributed by atoms with Gasteiger partial charge in [-0.2, -0.15) is 0 Å². The molecule has 3 N–H and O–H groups in total. The average molecular weight is 248 g/mol. The Kier molecular flexibility index (Phi) is 7.73. The van der Waals surface area contributed by atoms with E-state index in [1.54, 1.807) is 6.92 Å². The van der Waals surface area contributed by atoms with Gasteiger partial charge in [0.25, 0.3) is 0 Å². The molecule has 0 aliphatic carbocycles. The summed E-state index contributed by atoms with van der Waals surface area (Å²) >= 11 is 0. The quantitative estimate of drug-likeness (QED) is 0.335. The highest BCUT2D eigenvalue weighted by Crippen LogP contribution is 2.16. The molecule has 0 saturated carbocycles. The van der Waals surface area contributed by atoms with E-state index in [0.29, 0.717) is 18.6 Å². The normalized spacial score (nSPS) is 20.6. The summed E-state index contributed by atoms with van der Waals surface area (Å²) in [6.07, 6.45) is -1.36. The van der Waals surface area contributed by atoms with Crippen LogP contribution < -0.4 is 0 Å². The summed E-state index contributed by atoms with van der Waals surface area (Å²) in [6, 6.07) is 0.